The average Bonchev–Trinajstić information content (AvgIpc) is 2.72. The summed E-state index contributed by atoms with van der Waals surface area (Å²) >= 11 is 0. The van der Waals surface area contributed by atoms with Crippen molar-refractivity contribution in [3.05, 3.63) is 60.8 Å². The lowest BCUT2D eigenvalue weighted by atomic mass is 10.0. The average molecular weight is 365 g/mol. The third kappa shape index (κ3) is 4.86. The lowest BCUT2D eigenvalue weighted by Crippen LogP contribution is -2.29. The van der Waals surface area contributed by atoms with Gasteiger partial charge in [-0.15, -0.1) is 0 Å². The molecule has 0 amide bonds. The number of likely N-dealkylation sites (N-methyl/N-ethyl adjacent to an activating group) is 1. The Hall–Kier alpha value is -2.86. The first-order valence-corrected chi connectivity index (χ1v) is 9.20. The van der Waals surface area contributed by atoms with Crippen molar-refractivity contribution >= 4 is 5.95 Å². The highest BCUT2D eigenvalue weighted by molar-refractivity contribution is 5.80. The zero-order chi connectivity index (χ0) is 19.1. The molecule has 0 aliphatic carbocycles. The quantitative estimate of drug-likeness (QED) is 0.651. The first-order valence-electron chi connectivity index (χ1n) is 9.20. The molecule has 0 bridgehead atoms. The van der Waals surface area contributed by atoms with Gasteiger partial charge in [0, 0.05) is 42.8 Å². The molecule has 0 radical (unpaired) electrons. The maximum Gasteiger partial charge on any atom is 0.223 e. The number of aromatic nitrogens is 3. The van der Waals surface area contributed by atoms with E-state index in [1.165, 1.54) is 12.1 Å². The van der Waals surface area contributed by atoms with Gasteiger partial charge in [0.1, 0.15) is 5.82 Å². The Balaban J connectivity index is 1.89. The predicted octanol–water partition coefficient (Wildman–Crippen LogP) is 4.10. The standard InChI is InChI=1S/C21H24FN5/c1-3-27(4-2)14-13-24-21-25-15-19(16-5-7-18(22)8-6-16)20(26-21)17-9-11-23-12-10-17/h5-12,15H,3-4,13-14H2,1-2H3,(H,24,25,26). The summed E-state index contributed by atoms with van der Waals surface area (Å²) < 4.78 is 13.3. The van der Waals surface area contributed by atoms with E-state index in [2.05, 4.69) is 34.0 Å². The van der Waals surface area contributed by atoms with Gasteiger partial charge in [-0.3, -0.25) is 4.98 Å². The summed E-state index contributed by atoms with van der Waals surface area (Å²) in [5.41, 5.74) is 3.47. The number of anilines is 1. The van der Waals surface area contributed by atoms with Gasteiger partial charge in [0.05, 0.1) is 5.69 Å². The molecule has 0 fully saturated rings. The molecular formula is C21H24FN5. The molecule has 1 aromatic carbocycles. The summed E-state index contributed by atoms with van der Waals surface area (Å²) in [7, 11) is 0. The molecule has 0 saturated carbocycles. The Morgan fingerprint density at radius 2 is 1.67 bits per heavy atom. The second-order valence-electron chi connectivity index (χ2n) is 6.15. The predicted molar refractivity (Wildman–Crippen MR) is 107 cm³/mol. The Morgan fingerprint density at radius 3 is 2.33 bits per heavy atom. The molecule has 0 spiro atoms. The molecule has 2 heterocycles. The third-order valence-electron chi connectivity index (χ3n) is 4.50. The largest absolute Gasteiger partial charge is 0.353 e. The van der Waals surface area contributed by atoms with Crippen molar-refractivity contribution in [3.63, 3.8) is 0 Å². The van der Waals surface area contributed by atoms with E-state index in [0.717, 1.165) is 48.6 Å². The van der Waals surface area contributed by atoms with Crippen LogP contribution in [0.25, 0.3) is 22.4 Å². The van der Waals surface area contributed by atoms with Crippen molar-refractivity contribution in [1.29, 1.82) is 0 Å². The first kappa shape index (κ1) is 18.9. The maximum atomic E-state index is 13.3. The molecule has 0 atom stereocenters. The van der Waals surface area contributed by atoms with Crippen molar-refractivity contribution in [2.75, 3.05) is 31.5 Å². The number of hydrogen-bond donors (Lipinski definition) is 1. The van der Waals surface area contributed by atoms with Crippen LogP contribution in [-0.2, 0) is 0 Å². The number of nitrogens with zero attached hydrogens (tertiary/aromatic N) is 4. The lowest BCUT2D eigenvalue weighted by molar-refractivity contribution is 0.316. The molecular weight excluding hydrogens is 341 g/mol. The summed E-state index contributed by atoms with van der Waals surface area (Å²) in [6.45, 7) is 8.04. The van der Waals surface area contributed by atoms with Crippen LogP contribution in [0.2, 0.25) is 0 Å². The highest BCUT2D eigenvalue weighted by atomic mass is 19.1. The fourth-order valence-corrected chi connectivity index (χ4v) is 2.90. The number of benzene rings is 1. The number of rotatable bonds is 8. The molecule has 0 aliphatic heterocycles. The minimum absolute atomic E-state index is 0.264. The van der Waals surface area contributed by atoms with Crippen LogP contribution in [0.15, 0.2) is 55.0 Å². The van der Waals surface area contributed by atoms with Crippen LogP contribution in [0.1, 0.15) is 13.8 Å². The van der Waals surface area contributed by atoms with E-state index in [-0.39, 0.29) is 5.82 Å². The first-order chi connectivity index (χ1) is 13.2. The maximum absolute atomic E-state index is 13.3. The fourth-order valence-electron chi connectivity index (χ4n) is 2.90. The molecule has 0 saturated heterocycles. The van der Waals surface area contributed by atoms with Crippen LogP contribution in [0.4, 0.5) is 10.3 Å². The second kappa shape index (κ2) is 9.19. The van der Waals surface area contributed by atoms with Crippen molar-refractivity contribution in [2.24, 2.45) is 0 Å². The number of halogens is 1. The van der Waals surface area contributed by atoms with Gasteiger partial charge in [-0.1, -0.05) is 26.0 Å². The topological polar surface area (TPSA) is 53.9 Å². The molecule has 0 unspecified atom stereocenters. The van der Waals surface area contributed by atoms with Crippen molar-refractivity contribution in [2.45, 2.75) is 13.8 Å². The molecule has 3 rings (SSSR count). The number of pyridine rings is 1. The van der Waals surface area contributed by atoms with Gasteiger partial charge in [0.15, 0.2) is 0 Å². The lowest BCUT2D eigenvalue weighted by Gasteiger charge is -2.18. The zero-order valence-electron chi connectivity index (χ0n) is 15.7. The van der Waals surface area contributed by atoms with Crippen LogP contribution in [0.3, 0.4) is 0 Å². The normalized spacial score (nSPS) is 11.0. The van der Waals surface area contributed by atoms with Crippen molar-refractivity contribution in [3.8, 4) is 22.4 Å². The van der Waals surface area contributed by atoms with Crippen LogP contribution in [0.5, 0.6) is 0 Å². The highest BCUT2D eigenvalue weighted by Crippen LogP contribution is 2.30. The number of nitrogens with one attached hydrogen (secondary N) is 1. The second-order valence-corrected chi connectivity index (χ2v) is 6.15. The van der Waals surface area contributed by atoms with Gasteiger partial charge in [-0.2, -0.15) is 0 Å². The van der Waals surface area contributed by atoms with Crippen LogP contribution in [0, 0.1) is 5.82 Å². The minimum atomic E-state index is -0.264. The van der Waals surface area contributed by atoms with Gasteiger partial charge in [-0.05, 0) is 42.9 Å². The number of hydrogen-bond acceptors (Lipinski definition) is 5. The Bertz CT molecular complexity index is 848. The van der Waals surface area contributed by atoms with E-state index >= 15 is 0 Å². The SMILES string of the molecule is CCN(CC)CCNc1ncc(-c2ccc(F)cc2)c(-c2ccncc2)n1. The Morgan fingerprint density at radius 1 is 0.963 bits per heavy atom. The van der Waals surface area contributed by atoms with Gasteiger partial charge < -0.3 is 10.2 Å². The highest BCUT2D eigenvalue weighted by Gasteiger charge is 2.12. The van der Waals surface area contributed by atoms with Crippen LogP contribution >= 0.6 is 0 Å². The summed E-state index contributed by atoms with van der Waals surface area (Å²) in [5.74, 6) is 0.319. The molecule has 5 nitrogen and oxygen atoms in total. The monoisotopic (exact) mass is 365 g/mol. The van der Waals surface area contributed by atoms with Gasteiger partial charge >= 0.3 is 0 Å². The van der Waals surface area contributed by atoms with Gasteiger partial charge in [0.2, 0.25) is 5.95 Å². The molecule has 140 valence electrons. The third-order valence-corrected chi connectivity index (χ3v) is 4.50. The van der Waals surface area contributed by atoms with E-state index in [1.54, 1.807) is 30.7 Å². The summed E-state index contributed by atoms with van der Waals surface area (Å²) in [5, 5.41) is 3.30. The van der Waals surface area contributed by atoms with E-state index in [0.29, 0.717) is 5.95 Å². The molecule has 0 aliphatic rings. The van der Waals surface area contributed by atoms with Gasteiger partial charge in [0.25, 0.3) is 0 Å². The van der Waals surface area contributed by atoms with E-state index in [1.807, 2.05) is 12.1 Å². The van der Waals surface area contributed by atoms with Crippen molar-refractivity contribution in [1.82, 2.24) is 19.9 Å². The minimum Gasteiger partial charge on any atom is -0.353 e. The van der Waals surface area contributed by atoms with E-state index in [4.69, 9.17) is 4.98 Å². The molecule has 2 aromatic heterocycles. The van der Waals surface area contributed by atoms with Crippen molar-refractivity contribution < 1.29 is 4.39 Å². The van der Waals surface area contributed by atoms with Gasteiger partial charge in [-0.25, -0.2) is 14.4 Å². The van der Waals surface area contributed by atoms with Crippen LogP contribution in [-0.4, -0.2) is 46.0 Å². The summed E-state index contributed by atoms with van der Waals surface area (Å²) in [6.07, 6.45) is 5.26. The smallest absolute Gasteiger partial charge is 0.223 e. The van der Waals surface area contributed by atoms with E-state index < -0.39 is 0 Å². The zero-order valence-corrected chi connectivity index (χ0v) is 15.7. The Labute approximate surface area is 159 Å². The summed E-state index contributed by atoms with van der Waals surface area (Å²) in [4.78, 5) is 15.6. The van der Waals surface area contributed by atoms with E-state index in [9.17, 15) is 4.39 Å². The Kier molecular flexibility index (Phi) is 6.44. The molecule has 27 heavy (non-hydrogen) atoms. The molecule has 6 heteroatoms. The molecule has 1 N–H and O–H groups in total. The molecule has 3 aromatic rings. The fraction of sp³-hybridized carbons (Fsp3) is 0.286. The summed E-state index contributed by atoms with van der Waals surface area (Å²) in [6, 6.07) is 10.2. The van der Waals surface area contributed by atoms with Crippen LogP contribution < -0.4 is 5.32 Å².